The van der Waals surface area contributed by atoms with Crippen LogP contribution in [0.25, 0.3) is 0 Å². The summed E-state index contributed by atoms with van der Waals surface area (Å²) in [6, 6.07) is 9.70. The third kappa shape index (κ3) is 4.24. The summed E-state index contributed by atoms with van der Waals surface area (Å²) in [6.45, 7) is 2.87. The smallest absolute Gasteiger partial charge is 0.289 e. The molecule has 7 nitrogen and oxygen atoms in total. The number of likely N-dealkylation sites (N-methyl/N-ethyl adjacent to an activating group) is 1. The zero-order valence-electron chi connectivity index (χ0n) is 14.8. The fraction of sp³-hybridized carbons (Fsp3) is 0.263. The third-order valence-corrected chi connectivity index (χ3v) is 4.05. The number of carbonyl (C=O) groups excluding carboxylic acids is 1. The SMILES string of the molecule is Cc1ncoc1C(=O)NCc1cccnc1N(C)CCc1ccccn1. The summed E-state index contributed by atoms with van der Waals surface area (Å²) >= 11 is 0. The van der Waals surface area contributed by atoms with Gasteiger partial charge in [-0.25, -0.2) is 9.97 Å². The van der Waals surface area contributed by atoms with Gasteiger partial charge in [-0.2, -0.15) is 0 Å². The van der Waals surface area contributed by atoms with Gasteiger partial charge in [0.1, 0.15) is 5.82 Å². The number of hydrogen-bond acceptors (Lipinski definition) is 6. The van der Waals surface area contributed by atoms with Crippen LogP contribution in [0.5, 0.6) is 0 Å². The van der Waals surface area contributed by atoms with Gasteiger partial charge in [-0.3, -0.25) is 9.78 Å². The van der Waals surface area contributed by atoms with E-state index in [0.29, 0.717) is 12.2 Å². The van der Waals surface area contributed by atoms with Crippen LogP contribution >= 0.6 is 0 Å². The zero-order valence-corrected chi connectivity index (χ0v) is 14.8. The molecule has 7 heteroatoms. The van der Waals surface area contributed by atoms with Crippen molar-refractivity contribution in [3.8, 4) is 0 Å². The van der Waals surface area contributed by atoms with E-state index < -0.39 is 0 Å². The average molecular weight is 351 g/mol. The van der Waals surface area contributed by atoms with Crippen molar-refractivity contribution in [2.75, 3.05) is 18.5 Å². The van der Waals surface area contributed by atoms with Crippen LogP contribution in [0.4, 0.5) is 5.82 Å². The van der Waals surface area contributed by atoms with Gasteiger partial charge in [-0.15, -0.1) is 0 Å². The molecule has 3 aromatic heterocycles. The van der Waals surface area contributed by atoms with E-state index in [1.807, 2.05) is 37.4 Å². The Morgan fingerprint density at radius 2 is 2.00 bits per heavy atom. The van der Waals surface area contributed by atoms with Crippen molar-refractivity contribution in [2.45, 2.75) is 19.9 Å². The number of hydrogen-bond donors (Lipinski definition) is 1. The molecule has 3 heterocycles. The van der Waals surface area contributed by atoms with E-state index in [9.17, 15) is 4.79 Å². The van der Waals surface area contributed by atoms with Gasteiger partial charge in [0, 0.05) is 50.2 Å². The first-order valence-corrected chi connectivity index (χ1v) is 8.38. The summed E-state index contributed by atoms with van der Waals surface area (Å²) in [5.41, 5.74) is 2.54. The van der Waals surface area contributed by atoms with Crippen LogP contribution in [0, 0.1) is 6.92 Å². The van der Waals surface area contributed by atoms with Gasteiger partial charge in [0.25, 0.3) is 5.91 Å². The molecule has 0 aromatic carbocycles. The molecule has 134 valence electrons. The van der Waals surface area contributed by atoms with Gasteiger partial charge in [-0.1, -0.05) is 12.1 Å². The molecule has 0 unspecified atom stereocenters. The van der Waals surface area contributed by atoms with Crippen LogP contribution < -0.4 is 10.2 Å². The van der Waals surface area contributed by atoms with Gasteiger partial charge in [-0.05, 0) is 25.1 Å². The lowest BCUT2D eigenvalue weighted by Gasteiger charge is -2.21. The molecule has 26 heavy (non-hydrogen) atoms. The number of nitrogens with one attached hydrogen (secondary N) is 1. The molecule has 1 amide bonds. The van der Waals surface area contributed by atoms with Crippen LogP contribution in [0.15, 0.2) is 53.5 Å². The predicted molar refractivity (Wildman–Crippen MR) is 97.9 cm³/mol. The van der Waals surface area contributed by atoms with E-state index in [2.05, 4.69) is 25.2 Å². The van der Waals surface area contributed by atoms with Gasteiger partial charge >= 0.3 is 0 Å². The van der Waals surface area contributed by atoms with Crippen molar-refractivity contribution < 1.29 is 9.21 Å². The van der Waals surface area contributed by atoms with Crippen LogP contribution in [-0.2, 0) is 13.0 Å². The Balaban J connectivity index is 1.64. The molecule has 3 aromatic rings. The van der Waals surface area contributed by atoms with Gasteiger partial charge in [0.2, 0.25) is 5.76 Å². The number of anilines is 1. The lowest BCUT2D eigenvalue weighted by atomic mass is 10.2. The van der Waals surface area contributed by atoms with E-state index in [1.165, 1.54) is 6.39 Å². The largest absolute Gasteiger partial charge is 0.438 e. The van der Waals surface area contributed by atoms with Crippen molar-refractivity contribution in [1.82, 2.24) is 20.3 Å². The van der Waals surface area contributed by atoms with Crippen molar-refractivity contribution >= 4 is 11.7 Å². The molecule has 0 saturated heterocycles. The lowest BCUT2D eigenvalue weighted by molar-refractivity contribution is 0.0922. The van der Waals surface area contributed by atoms with Crippen molar-refractivity contribution in [1.29, 1.82) is 0 Å². The van der Waals surface area contributed by atoms with E-state index in [1.54, 1.807) is 19.3 Å². The van der Waals surface area contributed by atoms with Crippen LogP contribution in [0.1, 0.15) is 27.5 Å². The number of carbonyl (C=O) groups is 1. The third-order valence-electron chi connectivity index (χ3n) is 4.05. The standard InChI is InChI=1S/C19H21N5O2/c1-14-17(26-13-23-14)19(25)22-12-15-6-5-10-21-18(15)24(2)11-8-16-7-3-4-9-20-16/h3-7,9-10,13H,8,11-12H2,1-2H3,(H,22,25). The maximum absolute atomic E-state index is 12.2. The number of aryl methyl sites for hydroxylation is 1. The summed E-state index contributed by atoms with van der Waals surface area (Å²) in [6.07, 6.45) is 5.63. The van der Waals surface area contributed by atoms with Crippen molar-refractivity contribution in [3.05, 3.63) is 71.8 Å². The highest BCUT2D eigenvalue weighted by molar-refractivity contribution is 5.92. The first kappa shape index (κ1) is 17.6. The summed E-state index contributed by atoms with van der Waals surface area (Å²) in [5.74, 6) is 0.780. The van der Waals surface area contributed by atoms with Crippen LogP contribution in [0.3, 0.4) is 0 Å². The molecule has 0 bridgehead atoms. The zero-order chi connectivity index (χ0) is 18.4. The molecule has 0 atom stereocenters. The molecule has 0 aliphatic heterocycles. The predicted octanol–water partition coefficient (Wildman–Crippen LogP) is 2.38. The minimum absolute atomic E-state index is 0.235. The van der Waals surface area contributed by atoms with E-state index >= 15 is 0 Å². The Labute approximate surface area is 152 Å². The van der Waals surface area contributed by atoms with Gasteiger partial charge in [0.15, 0.2) is 6.39 Å². The number of rotatable bonds is 7. The fourth-order valence-electron chi connectivity index (χ4n) is 2.62. The highest BCUT2D eigenvalue weighted by Crippen LogP contribution is 2.16. The molecule has 3 rings (SSSR count). The molecule has 0 spiro atoms. The second kappa shape index (κ2) is 8.24. The summed E-state index contributed by atoms with van der Waals surface area (Å²) in [5, 5.41) is 2.86. The number of amides is 1. The topological polar surface area (TPSA) is 84.2 Å². The van der Waals surface area contributed by atoms with E-state index in [-0.39, 0.29) is 11.7 Å². The first-order valence-electron chi connectivity index (χ1n) is 8.38. The van der Waals surface area contributed by atoms with Gasteiger partial charge < -0.3 is 14.6 Å². The number of pyridine rings is 2. The van der Waals surface area contributed by atoms with Crippen LogP contribution in [-0.4, -0.2) is 34.5 Å². The first-order chi connectivity index (χ1) is 12.6. The number of oxazole rings is 1. The summed E-state index contributed by atoms with van der Waals surface area (Å²) in [4.78, 5) is 27.0. The normalized spacial score (nSPS) is 10.5. The fourth-order valence-corrected chi connectivity index (χ4v) is 2.62. The minimum Gasteiger partial charge on any atom is -0.438 e. The molecular weight excluding hydrogens is 330 g/mol. The second-order valence-corrected chi connectivity index (χ2v) is 5.93. The second-order valence-electron chi connectivity index (χ2n) is 5.93. The molecule has 0 fully saturated rings. The quantitative estimate of drug-likeness (QED) is 0.703. The molecule has 0 aliphatic carbocycles. The number of aromatic nitrogens is 3. The molecular formula is C19H21N5O2. The maximum Gasteiger partial charge on any atom is 0.289 e. The molecule has 0 radical (unpaired) electrons. The summed E-state index contributed by atoms with van der Waals surface area (Å²) in [7, 11) is 1.98. The van der Waals surface area contributed by atoms with E-state index in [4.69, 9.17) is 4.42 Å². The average Bonchev–Trinajstić information content (AvgIpc) is 3.11. The Bertz CT molecular complexity index is 863. The molecule has 0 aliphatic rings. The highest BCUT2D eigenvalue weighted by Gasteiger charge is 2.15. The number of nitrogens with zero attached hydrogens (tertiary/aromatic N) is 4. The Morgan fingerprint density at radius 1 is 1.15 bits per heavy atom. The molecule has 0 saturated carbocycles. The molecule has 1 N–H and O–H groups in total. The monoisotopic (exact) mass is 351 g/mol. The van der Waals surface area contributed by atoms with Gasteiger partial charge in [0.05, 0.1) is 5.69 Å². The lowest BCUT2D eigenvalue weighted by Crippen LogP contribution is -2.27. The highest BCUT2D eigenvalue weighted by atomic mass is 16.3. The minimum atomic E-state index is -0.286. The summed E-state index contributed by atoms with van der Waals surface area (Å²) < 4.78 is 5.12. The van der Waals surface area contributed by atoms with Crippen LogP contribution in [0.2, 0.25) is 0 Å². The Hall–Kier alpha value is -3.22. The maximum atomic E-state index is 12.2. The Kier molecular flexibility index (Phi) is 5.58. The van der Waals surface area contributed by atoms with Crippen molar-refractivity contribution in [3.63, 3.8) is 0 Å². The van der Waals surface area contributed by atoms with Crippen molar-refractivity contribution in [2.24, 2.45) is 0 Å². The van der Waals surface area contributed by atoms with E-state index in [0.717, 1.165) is 30.0 Å². The Morgan fingerprint density at radius 3 is 2.73 bits per heavy atom.